The van der Waals surface area contributed by atoms with Crippen LogP contribution in [0.15, 0.2) is 36.4 Å². The molecule has 1 fully saturated rings. The SMILES string of the molecule is O=C1CN(NC(=O)CCn2c3ccc(Cl)cc3c3cc(Cl)ccc32)C(=O)N1. The first kappa shape index (κ1) is 17.6. The Morgan fingerprint density at radius 3 is 2.15 bits per heavy atom. The van der Waals surface area contributed by atoms with Crippen LogP contribution in [0.25, 0.3) is 21.8 Å². The maximum absolute atomic E-state index is 12.2. The minimum Gasteiger partial charge on any atom is -0.340 e. The van der Waals surface area contributed by atoms with E-state index in [9.17, 15) is 14.4 Å². The van der Waals surface area contributed by atoms with Gasteiger partial charge in [-0.3, -0.25) is 20.3 Å². The number of urea groups is 1. The number of amides is 4. The van der Waals surface area contributed by atoms with Crippen LogP contribution in [0, 0.1) is 0 Å². The summed E-state index contributed by atoms with van der Waals surface area (Å²) < 4.78 is 2.01. The molecule has 1 aromatic heterocycles. The van der Waals surface area contributed by atoms with Crippen molar-refractivity contribution in [3.05, 3.63) is 46.4 Å². The van der Waals surface area contributed by atoms with Crippen molar-refractivity contribution in [2.24, 2.45) is 0 Å². The number of nitrogens with one attached hydrogen (secondary N) is 2. The van der Waals surface area contributed by atoms with Gasteiger partial charge in [-0.1, -0.05) is 23.2 Å². The number of aryl methyl sites for hydroxylation is 1. The van der Waals surface area contributed by atoms with Gasteiger partial charge >= 0.3 is 6.03 Å². The normalized spacial score (nSPS) is 14.2. The van der Waals surface area contributed by atoms with Crippen LogP contribution in [-0.4, -0.2) is 34.0 Å². The Balaban J connectivity index is 1.60. The van der Waals surface area contributed by atoms with E-state index in [0.717, 1.165) is 26.8 Å². The minimum atomic E-state index is -0.630. The molecular formula is C18H14Cl2N4O3. The molecule has 138 valence electrons. The minimum absolute atomic E-state index is 0.127. The molecule has 1 aliphatic heterocycles. The number of carbonyl (C=O) groups excluding carboxylic acids is 3. The van der Waals surface area contributed by atoms with E-state index in [1.165, 1.54) is 0 Å². The first-order chi connectivity index (χ1) is 12.9. The monoisotopic (exact) mass is 404 g/mol. The van der Waals surface area contributed by atoms with E-state index >= 15 is 0 Å². The third-order valence-corrected chi connectivity index (χ3v) is 4.87. The second-order valence-corrected chi connectivity index (χ2v) is 7.07. The molecule has 1 saturated heterocycles. The second-order valence-electron chi connectivity index (χ2n) is 6.20. The Labute approximate surface area is 163 Å². The number of halogens is 2. The fourth-order valence-electron chi connectivity index (χ4n) is 3.24. The van der Waals surface area contributed by atoms with Crippen molar-refractivity contribution in [2.75, 3.05) is 6.54 Å². The Kier molecular flexibility index (Phi) is 4.41. The molecule has 0 spiro atoms. The number of aromatic nitrogens is 1. The Morgan fingerprint density at radius 2 is 1.63 bits per heavy atom. The van der Waals surface area contributed by atoms with Crippen LogP contribution in [0.4, 0.5) is 4.79 Å². The standard InChI is InChI=1S/C18H14Cl2N4O3/c19-10-1-3-14-12(7-10)13-8-11(20)2-4-15(13)23(14)6-5-16(25)22-24-9-17(26)21-18(24)27/h1-4,7-8H,5-6,9H2,(H,22,25)(H,21,26,27). The highest BCUT2D eigenvalue weighted by molar-refractivity contribution is 6.33. The van der Waals surface area contributed by atoms with E-state index < -0.39 is 11.9 Å². The molecule has 0 bridgehead atoms. The van der Waals surface area contributed by atoms with Crippen LogP contribution < -0.4 is 10.7 Å². The summed E-state index contributed by atoms with van der Waals surface area (Å²) in [4.78, 5) is 34.9. The van der Waals surface area contributed by atoms with Gasteiger partial charge in [-0.25, -0.2) is 9.80 Å². The molecule has 0 saturated carbocycles. The first-order valence-corrected chi connectivity index (χ1v) is 8.96. The lowest BCUT2D eigenvalue weighted by Gasteiger charge is -2.15. The van der Waals surface area contributed by atoms with Crippen LogP contribution >= 0.6 is 23.2 Å². The molecule has 0 aliphatic carbocycles. The van der Waals surface area contributed by atoms with Crippen molar-refractivity contribution < 1.29 is 14.4 Å². The highest BCUT2D eigenvalue weighted by Gasteiger charge is 2.28. The summed E-state index contributed by atoms with van der Waals surface area (Å²) in [5, 5.41) is 6.20. The number of rotatable bonds is 4. The van der Waals surface area contributed by atoms with E-state index in [2.05, 4.69) is 10.7 Å². The lowest BCUT2D eigenvalue weighted by Crippen LogP contribution is -2.44. The van der Waals surface area contributed by atoms with Crippen molar-refractivity contribution in [1.29, 1.82) is 0 Å². The van der Waals surface area contributed by atoms with Gasteiger partial charge in [0.25, 0.3) is 0 Å². The maximum Gasteiger partial charge on any atom is 0.343 e. The molecule has 4 amide bonds. The fraction of sp³-hybridized carbons (Fsp3) is 0.167. The predicted molar refractivity (Wildman–Crippen MR) is 102 cm³/mol. The van der Waals surface area contributed by atoms with Gasteiger partial charge < -0.3 is 4.57 Å². The van der Waals surface area contributed by atoms with E-state index in [1.807, 2.05) is 28.8 Å². The molecule has 7 nitrogen and oxygen atoms in total. The zero-order chi connectivity index (χ0) is 19.1. The van der Waals surface area contributed by atoms with Crippen molar-refractivity contribution in [3.8, 4) is 0 Å². The highest BCUT2D eigenvalue weighted by atomic mass is 35.5. The molecule has 4 rings (SSSR count). The molecular weight excluding hydrogens is 391 g/mol. The predicted octanol–water partition coefficient (Wildman–Crippen LogP) is 3.07. The first-order valence-electron chi connectivity index (χ1n) is 8.20. The molecule has 2 aromatic carbocycles. The van der Waals surface area contributed by atoms with E-state index in [-0.39, 0.29) is 18.9 Å². The van der Waals surface area contributed by atoms with Crippen molar-refractivity contribution in [3.63, 3.8) is 0 Å². The zero-order valence-corrected chi connectivity index (χ0v) is 15.5. The second kappa shape index (κ2) is 6.75. The number of hydrazine groups is 1. The maximum atomic E-state index is 12.2. The van der Waals surface area contributed by atoms with Gasteiger partial charge in [0.1, 0.15) is 6.54 Å². The summed E-state index contributed by atoms with van der Waals surface area (Å²) in [6.45, 7) is 0.204. The molecule has 27 heavy (non-hydrogen) atoms. The molecule has 0 radical (unpaired) electrons. The number of hydrogen-bond acceptors (Lipinski definition) is 3. The molecule has 3 aromatic rings. The van der Waals surface area contributed by atoms with Crippen LogP contribution in [-0.2, 0) is 16.1 Å². The lowest BCUT2D eigenvalue weighted by molar-refractivity contribution is -0.125. The fourth-order valence-corrected chi connectivity index (χ4v) is 3.59. The number of imide groups is 1. The Morgan fingerprint density at radius 1 is 1.04 bits per heavy atom. The Bertz CT molecular complexity index is 1050. The molecule has 9 heteroatoms. The van der Waals surface area contributed by atoms with Crippen LogP contribution in [0.2, 0.25) is 10.0 Å². The summed E-state index contributed by atoms with van der Waals surface area (Å²) in [7, 11) is 0. The molecule has 2 N–H and O–H groups in total. The number of fused-ring (bicyclic) bond motifs is 3. The van der Waals surface area contributed by atoms with Gasteiger partial charge in [-0.15, -0.1) is 0 Å². The summed E-state index contributed by atoms with van der Waals surface area (Å²) in [6.07, 6.45) is 0.127. The van der Waals surface area contributed by atoms with Gasteiger partial charge in [0.05, 0.1) is 0 Å². The highest BCUT2D eigenvalue weighted by Crippen LogP contribution is 2.32. The van der Waals surface area contributed by atoms with Gasteiger partial charge in [-0.2, -0.15) is 0 Å². The molecule has 0 unspecified atom stereocenters. The van der Waals surface area contributed by atoms with Crippen molar-refractivity contribution in [2.45, 2.75) is 13.0 Å². The molecule has 0 atom stereocenters. The molecule has 1 aliphatic rings. The molecule has 2 heterocycles. The summed E-state index contributed by atoms with van der Waals surface area (Å²) in [5.41, 5.74) is 4.30. The quantitative estimate of drug-likeness (QED) is 0.655. The van der Waals surface area contributed by atoms with E-state index in [0.29, 0.717) is 16.6 Å². The Hall–Kier alpha value is -2.77. The smallest absolute Gasteiger partial charge is 0.340 e. The van der Waals surface area contributed by atoms with Crippen LogP contribution in [0.3, 0.4) is 0 Å². The van der Waals surface area contributed by atoms with Gasteiger partial charge in [0.15, 0.2) is 0 Å². The number of hydrogen-bond donors (Lipinski definition) is 2. The van der Waals surface area contributed by atoms with E-state index in [1.54, 1.807) is 12.1 Å². The topological polar surface area (TPSA) is 83.4 Å². The van der Waals surface area contributed by atoms with Crippen molar-refractivity contribution in [1.82, 2.24) is 20.3 Å². The summed E-state index contributed by atoms with van der Waals surface area (Å²) >= 11 is 12.3. The van der Waals surface area contributed by atoms with Gasteiger partial charge in [0.2, 0.25) is 11.8 Å². The lowest BCUT2D eigenvalue weighted by atomic mass is 10.1. The summed E-state index contributed by atoms with van der Waals surface area (Å²) in [5.74, 6) is -0.811. The average molecular weight is 405 g/mol. The summed E-state index contributed by atoms with van der Waals surface area (Å²) in [6, 6.07) is 10.5. The van der Waals surface area contributed by atoms with Crippen LogP contribution in [0.1, 0.15) is 6.42 Å². The number of benzene rings is 2. The van der Waals surface area contributed by atoms with Gasteiger partial charge in [0, 0.05) is 44.8 Å². The third kappa shape index (κ3) is 3.31. The van der Waals surface area contributed by atoms with Gasteiger partial charge in [-0.05, 0) is 36.4 Å². The van der Waals surface area contributed by atoms with Crippen LogP contribution in [0.5, 0.6) is 0 Å². The zero-order valence-electron chi connectivity index (χ0n) is 14.0. The van der Waals surface area contributed by atoms with E-state index in [4.69, 9.17) is 23.2 Å². The largest absolute Gasteiger partial charge is 0.343 e. The van der Waals surface area contributed by atoms with Crippen molar-refractivity contribution >= 4 is 62.9 Å². The number of carbonyl (C=O) groups is 3. The average Bonchev–Trinajstić information content (AvgIpc) is 3.09. The number of nitrogens with zero attached hydrogens (tertiary/aromatic N) is 2. The third-order valence-electron chi connectivity index (χ3n) is 4.40.